The lowest BCUT2D eigenvalue weighted by atomic mass is 10.1. The van der Waals surface area contributed by atoms with Crippen LogP contribution in [-0.4, -0.2) is 44.3 Å². The molecule has 1 atom stereocenters. The van der Waals surface area contributed by atoms with Gasteiger partial charge in [0.05, 0.1) is 21.2 Å². The molecule has 7 nitrogen and oxygen atoms in total. The Morgan fingerprint density at radius 2 is 1.53 bits per heavy atom. The molecule has 0 aromatic heterocycles. The van der Waals surface area contributed by atoms with E-state index in [4.69, 9.17) is 34.8 Å². The van der Waals surface area contributed by atoms with Crippen molar-refractivity contribution >= 4 is 62.3 Å². The topological polar surface area (TPSA) is 86.8 Å². The van der Waals surface area contributed by atoms with Crippen LogP contribution in [0.1, 0.15) is 37.8 Å². The number of rotatable bonds is 12. The van der Waals surface area contributed by atoms with Crippen LogP contribution in [0, 0.1) is 0 Å². The van der Waals surface area contributed by atoms with Crippen molar-refractivity contribution in [1.29, 1.82) is 0 Å². The van der Waals surface area contributed by atoms with Crippen molar-refractivity contribution in [2.24, 2.45) is 0 Å². The standard InChI is InChI=1S/C29H29Cl3F3N3O4S/c1-3-15-36-28(40)25(4-2)37(17-21-22(30)11-8-12-23(21)31)27(39)18-38(43(41,42)20-9-6-5-7-10-20)26-16-19(29(33,34)35)13-14-24(26)32/h5-14,16,25H,3-4,15,17-18H2,1-2H3,(H,36,40)/t25-/m1/s1. The molecule has 232 valence electrons. The van der Waals surface area contributed by atoms with Gasteiger partial charge in [0.15, 0.2) is 0 Å². The first-order chi connectivity index (χ1) is 20.2. The Labute approximate surface area is 263 Å². The Hall–Kier alpha value is -2.99. The molecule has 0 unspecified atom stereocenters. The number of alkyl halides is 3. The second-order valence-corrected chi connectivity index (χ2v) is 12.5. The van der Waals surface area contributed by atoms with Crippen LogP contribution in [0.25, 0.3) is 0 Å². The minimum absolute atomic E-state index is 0.124. The molecule has 3 aromatic rings. The zero-order valence-corrected chi connectivity index (χ0v) is 26.3. The normalized spacial score (nSPS) is 12.5. The predicted octanol–water partition coefficient (Wildman–Crippen LogP) is 7.19. The highest BCUT2D eigenvalue weighted by atomic mass is 35.5. The molecule has 43 heavy (non-hydrogen) atoms. The predicted molar refractivity (Wildman–Crippen MR) is 162 cm³/mol. The quantitative estimate of drug-likeness (QED) is 0.220. The van der Waals surface area contributed by atoms with Gasteiger partial charge in [-0.25, -0.2) is 8.42 Å². The summed E-state index contributed by atoms with van der Waals surface area (Å²) in [7, 11) is -4.64. The highest BCUT2D eigenvalue weighted by Gasteiger charge is 2.37. The minimum atomic E-state index is -4.83. The lowest BCUT2D eigenvalue weighted by Crippen LogP contribution is -2.52. The number of hydrogen-bond acceptors (Lipinski definition) is 4. The van der Waals surface area contributed by atoms with E-state index in [0.29, 0.717) is 35.0 Å². The van der Waals surface area contributed by atoms with E-state index in [1.807, 2.05) is 6.92 Å². The lowest BCUT2D eigenvalue weighted by molar-refractivity contribution is -0.140. The number of nitrogens with zero attached hydrogens (tertiary/aromatic N) is 2. The summed E-state index contributed by atoms with van der Waals surface area (Å²) in [5.74, 6) is -1.40. The molecular formula is C29H29Cl3F3N3O4S. The Morgan fingerprint density at radius 3 is 2.09 bits per heavy atom. The number of anilines is 1. The van der Waals surface area contributed by atoms with Crippen LogP contribution in [0.3, 0.4) is 0 Å². The molecule has 3 rings (SSSR count). The molecule has 0 bridgehead atoms. The minimum Gasteiger partial charge on any atom is -0.354 e. The van der Waals surface area contributed by atoms with E-state index in [9.17, 15) is 31.2 Å². The van der Waals surface area contributed by atoms with Gasteiger partial charge in [-0.1, -0.05) is 72.9 Å². The fraction of sp³-hybridized carbons (Fsp3) is 0.310. The molecule has 0 aliphatic rings. The number of halogens is 6. The number of carbonyl (C=O) groups is 2. The summed E-state index contributed by atoms with van der Waals surface area (Å²) in [6, 6.07) is 12.7. The van der Waals surface area contributed by atoms with Crippen LogP contribution in [0.15, 0.2) is 71.6 Å². The van der Waals surface area contributed by atoms with Crippen molar-refractivity contribution in [3.63, 3.8) is 0 Å². The maximum Gasteiger partial charge on any atom is 0.416 e. The summed E-state index contributed by atoms with van der Waals surface area (Å²) in [5.41, 5.74) is -1.43. The number of hydrogen-bond donors (Lipinski definition) is 1. The first-order valence-electron chi connectivity index (χ1n) is 13.2. The number of carbonyl (C=O) groups excluding carboxylic acids is 2. The molecule has 0 spiro atoms. The van der Waals surface area contributed by atoms with Gasteiger partial charge in [0, 0.05) is 28.7 Å². The average Bonchev–Trinajstić information content (AvgIpc) is 2.96. The zero-order chi connectivity index (χ0) is 31.9. The second-order valence-electron chi connectivity index (χ2n) is 9.43. The molecule has 2 amide bonds. The summed E-state index contributed by atoms with van der Waals surface area (Å²) in [6.45, 7) is 2.55. The first-order valence-corrected chi connectivity index (χ1v) is 15.7. The van der Waals surface area contributed by atoms with Crippen molar-refractivity contribution in [3.05, 3.63) is 92.9 Å². The molecule has 0 aliphatic heterocycles. The molecule has 0 saturated carbocycles. The number of amides is 2. The van der Waals surface area contributed by atoms with E-state index < -0.39 is 51.9 Å². The van der Waals surface area contributed by atoms with Gasteiger partial charge in [-0.3, -0.25) is 13.9 Å². The Bertz CT molecular complexity index is 1540. The average molecular weight is 679 g/mol. The molecule has 0 aliphatic carbocycles. The van der Waals surface area contributed by atoms with Crippen LogP contribution in [-0.2, 0) is 32.3 Å². The van der Waals surface area contributed by atoms with Gasteiger partial charge in [0.1, 0.15) is 12.6 Å². The Kier molecular flexibility index (Phi) is 11.8. The maximum atomic E-state index is 14.1. The van der Waals surface area contributed by atoms with Gasteiger partial charge in [0.25, 0.3) is 10.0 Å². The van der Waals surface area contributed by atoms with Gasteiger partial charge in [0.2, 0.25) is 11.8 Å². The van der Waals surface area contributed by atoms with E-state index >= 15 is 0 Å². The highest BCUT2D eigenvalue weighted by molar-refractivity contribution is 7.92. The molecular weight excluding hydrogens is 650 g/mol. The van der Waals surface area contributed by atoms with Crippen LogP contribution in [0.5, 0.6) is 0 Å². The molecule has 0 radical (unpaired) electrons. The monoisotopic (exact) mass is 677 g/mol. The number of sulfonamides is 1. The third-order valence-corrected chi connectivity index (χ3v) is 9.28. The van der Waals surface area contributed by atoms with Crippen molar-refractivity contribution < 1.29 is 31.2 Å². The van der Waals surface area contributed by atoms with Gasteiger partial charge in [-0.15, -0.1) is 0 Å². The van der Waals surface area contributed by atoms with Crippen LogP contribution in [0.4, 0.5) is 18.9 Å². The van der Waals surface area contributed by atoms with Crippen molar-refractivity contribution in [2.45, 2.75) is 50.3 Å². The summed E-state index contributed by atoms with van der Waals surface area (Å²) in [5, 5.41) is 2.79. The number of nitrogens with one attached hydrogen (secondary N) is 1. The first kappa shape index (κ1) is 34.5. The Balaban J connectivity index is 2.18. The van der Waals surface area contributed by atoms with Crippen molar-refractivity contribution in [1.82, 2.24) is 10.2 Å². The third-order valence-electron chi connectivity index (χ3n) is 6.48. The summed E-state index contributed by atoms with van der Waals surface area (Å²) in [4.78, 5) is 28.1. The van der Waals surface area contributed by atoms with Crippen molar-refractivity contribution in [3.8, 4) is 0 Å². The molecule has 0 saturated heterocycles. The SMILES string of the molecule is CCCNC(=O)[C@@H](CC)N(Cc1c(Cl)cccc1Cl)C(=O)CN(c1cc(C(F)(F)F)ccc1Cl)S(=O)(=O)c1ccccc1. The highest BCUT2D eigenvalue weighted by Crippen LogP contribution is 2.37. The van der Waals surface area contributed by atoms with Gasteiger partial charge < -0.3 is 10.2 Å². The van der Waals surface area contributed by atoms with Gasteiger partial charge in [-0.2, -0.15) is 13.2 Å². The van der Waals surface area contributed by atoms with E-state index in [-0.39, 0.29) is 32.9 Å². The second kappa shape index (κ2) is 14.7. The third kappa shape index (κ3) is 8.35. The van der Waals surface area contributed by atoms with E-state index in [0.717, 1.165) is 11.0 Å². The van der Waals surface area contributed by atoms with E-state index in [2.05, 4.69) is 5.32 Å². The molecule has 14 heteroatoms. The van der Waals surface area contributed by atoms with Crippen LogP contribution >= 0.6 is 34.8 Å². The maximum absolute atomic E-state index is 14.1. The largest absolute Gasteiger partial charge is 0.416 e. The zero-order valence-electron chi connectivity index (χ0n) is 23.2. The van der Waals surface area contributed by atoms with E-state index in [1.54, 1.807) is 19.1 Å². The summed E-state index contributed by atoms with van der Waals surface area (Å²) < 4.78 is 69.3. The fourth-order valence-corrected chi connectivity index (χ4v) is 6.48. The van der Waals surface area contributed by atoms with Crippen molar-refractivity contribution in [2.75, 3.05) is 17.4 Å². The Morgan fingerprint density at radius 1 is 0.907 bits per heavy atom. The number of benzene rings is 3. The molecule has 0 heterocycles. The fourth-order valence-electron chi connectivity index (χ4n) is 4.25. The molecule has 3 aromatic carbocycles. The summed E-state index contributed by atoms with van der Waals surface area (Å²) >= 11 is 19.0. The smallest absolute Gasteiger partial charge is 0.354 e. The molecule has 1 N–H and O–H groups in total. The molecule has 0 fully saturated rings. The van der Waals surface area contributed by atoms with Gasteiger partial charge in [-0.05, 0) is 55.3 Å². The van der Waals surface area contributed by atoms with Crippen LogP contribution < -0.4 is 9.62 Å². The van der Waals surface area contributed by atoms with E-state index in [1.165, 1.54) is 36.4 Å². The van der Waals surface area contributed by atoms with Gasteiger partial charge >= 0.3 is 6.18 Å². The van der Waals surface area contributed by atoms with Crippen LogP contribution in [0.2, 0.25) is 15.1 Å². The summed E-state index contributed by atoms with van der Waals surface area (Å²) in [6.07, 6.45) is -4.09. The lowest BCUT2D eigenvalue weighted by Gasteiger charge is -2.34.